The fourth-order valence-corrected chi connectivity index (χ4v) is 2.21. The van der Waals surface area contributed by atoms with E-state index >= 15 is 0 Å². The standard InChI is InChI=1S/C13H18N4O3/c1-7(12(14)19)15-13(20)8(2)17-11(18)6-9-4-3-5-10(9)16-17/h6-8H,3-5H2,1-2H3,(H2,14,19)(H,15,20). The summed E-state index contributed by atoms with van der Waals surface area (Å²) in [6.45, 7) is 3.06. The Morgan fingerprint density at radius 3 is 2.75 bits per heavy atom. The van der Waals surface area contributed by atoms with Crippen LogP contribution in [0.4, 0.5) is 0 Å². The molecule has 1 heterocycles. The summed E-state index contributed by atoms with van der Waals surface area (Å²) in [5, 5.41) is 6.71. The largest absolute Gasteiger partial charge is 0.368 e. The maximum absolute atomic E-state index is 12.0. The molecule has 108 valence electrons. The Morgan fingerprint density at radius 2 is 2.10 bits per heavy atom. The topological polar surface area (TPSA) is 107 Å². The first-order chi connectivity index (χ1) is 9.40. The molecule has 0 bridgehead atoms. The van der Waals surface area contributed by atoms with Gasteiger partial charge in [0.25, 0.3) is 5.56 Å². The van der Waals surface area contributed by atoms with Crippen LogP contribution in [-0.4, -0.2) is 27.6 Å². The third-order valence-electron chi connectivity index (χ3n) is 3.51. The Balaban J connectivity index is 2.21. The third kappa shape index (κ3) is 2.71. The first-order valence-corrected chi connectivity index (χ1v) is 6.61. The van der Waals surface area contributed by atoms with Gasteiger partial charge in [-0.3, -0.25) is 14.4 Å². The van der Waals surface area contributed by atoms with Crippen LogP contribution in [0.1, 0.15) is 37.6 Å². The number of fused-ring (bicyclic) bond motifs is 1. The maximum Gasteiger partial charge on any atom is 0.267 e. The molecular weight excluding hydrogens is 260 g/mol. The molecule has 1 aromatic rings. The number of nitrogens with zero attached hydrogens (tertiary/aromatic N) is 2. The van der Waals surface area contributed by atoms with Gasteiger partial charge in [-0.1, -0.05) is 0 Å². The summed E-state index contributed by atoms with van der Waals surface area (Å²) in [5.74, 6) is -1.08. The van der Waals surface area contributed by atoms with E-state index in [4.69, 9.17) is 5.73 Å². The minimum Gasteiger partial charge on any atom is -0.368 e. The number of carbonyl (C=O) groups excluding carboxylic acids is 2. The van der Waals surface area contributed by atoms with Gasteiger partial charge in [-0.15, -0.1) is 0 Å². The van der Waals surface area contributed by atoms with Crippen LogP contribution >= 0.6 is 0 Å². The lowest BCUT2D eigenvalue weighted by molar-refractivity contribution is -0.129. The van der Waals surface area contributed by atoms with Crippen LogP contribution in [0.2, 0.25) is 0 Å². The minimum absolute atomic E-state index is 0.306. The maximum atomic E-state index is 12.0. The number of nitrogens with two attached hydrogens (primary N) is 1. The van der Waals surface area contributed by atoms with E-state index in [1.54, 1.807) is 6.92 Å². The smallest absolute Gasteiger partial charge is 0.267 e. The Kier molecular flexibility index (Phi) is 3.87. The van der Waals surface area contributed by atoms with Crippen molar-refractivity contribution in [1.29, 1.82) is 0 Å². The monoisotopic (exact) mass is 278 g/mol. The van der Waals surface area contributed by atoms with Crippen molar-refractivity contribution >= 4 is 11.8 Å². The number of hydrogen-bond donors (Lipinski definition) is 2. The molecule has 1 aliphatic rings. The van der Waals surface area contributed by atoms with Crippen molar-refractivity contribution in [2.24, 2.45) is 5.73 Å². The predicted molar refractivity (Wildman–Crippen MR) is 72.0 cm³/mol. The van der Waals surface area contributed by atoms with Crippen LogP contribution in [0.15, 0.2) is 10.9 Å². The van der Waals surface area contributed by atoms with Crippen molar-refractivity contribution in [2.45, 2.75) is 45.2 Å². The summed E-state index contributed by atoms with van der Waals surface area (Å²) < 4.78 is 1.16. The highest BCUT2D eigenvalue weighted by atomic mass is 16.2. The Labute approximate surface area is 116 Å². The molecule has 20 heavy (non-hydrogen) atoms. The quantitative estimate of drug-likeness (QED) is 0.758. The van der Waals surface area contributed by atoms with Crippen LogP contribution in [0.3, 0.4) is 0 Å². The predicted octanol–water partition coefficient (Wildman–Crippen LogP) is -0.717. The molecule has 2 rings (SSSR count). The first-order valence-electron chi connectivity index (χ1n) is 6.61. The third-order valence-corrected chi connectivity index (χ3v) is 3.51. The molecule has 0 saturated carbocycles. The number of hydrogen-bond acceptors (Lipinski definition) is 4. The van der Waals surface area contributed by atoms with Gasteiger partial charge in [0.2, 0.25) is 11.8 Å². The van der Waals surface area contributed by atoms with E-state index in [2.05, 4.69) is 10.4 Å². The van der Waals surface area contributed by atoms with E-state index in [1.165, 1.54) is 13.0 Å². The normalized spacial score (nSPS) is 16.3. The van der Waals surface area contributed by atoms with E-state index < -0.39 is 23.9 Å². The van der Waals surface area contributed by atoms with Crippen LogP contribution in [0.25, 0.3) is 0 Å². The van der Waals surface area contributed by atoms with Crippen molar-refractivity contribution in [3.63, 3.8) is 0 Å². The number of nitrogens with one attached hydrogen (secondary N) is 1. The van der Waals surface area contributed by atoms with Gasteiger partial charge in [0.1, 0.15) is 12.1 Å². The van der Waals surface area contributed by atoms with Gasteiger partial charge in [0, 0.05) is 6.07 Å². The van der Waals surface area contributed by atoms with Crippen LogP contribution in [0, 0.1) is 0 Å². The van der Waals surface area contributed by atoms with Crippen LogP contribution in [-0.2, 0) is 22.4 Å². The van der Waals surface area contributed by atoms with Crippen LogP contribution < -0.4 is 16.6 Å². The Hall–Kier alpha value is -2.18. The van der Waals surface area contributed by atoms with E-state index in [-0.39, 0.29) is 5.56 Å². The van der Waals surface area contributed by atoms with Crippen molar-refractivity contribution in [2.75, 3.05) is 0 Å². The molecule has 7 nitrogen and oxygen atoms in total. The summed E-state index contributed by atoms with van der Waals surface area (Å²) in [6.07, 6.45) is 2.66. The molecule has 0 spiro atoms. The number of rotatable bonds is 4. The molecule has 1 aromatic heterocycles. The molecule has 0 fully saturated rings. The minimum atomic E-state index is -0.782. The summed E-state index contributed by atoms with van der Waals surface area (Å²) in [5.41, 5.74) is 6.61. The number of amides is 2. The second-order valence-electron chi connectivity index (χ2n) is 5.06. The number of aryl methyl sites for hydroxylation is 2. The lowest BCUT2D eigenvalue weighted by atomic mass is 10.2. The van der Waals surface area contributed by atoms with Crippen molar-refractivity contribution in [3.8, 4) is 0 Å². The molecule has 3 N–H and O–H groups in total. The lowest BCUT2D eigenvalue weighted by Gasteiger charge is -2.17. The average molecular weight is 278 g/mol. The number of primary amides is 1. The van der Waals surface area contributed by atoms with E-state index in [0.29, 0.717) is 0 Å². The van der Waals surface area contributed by atoms with Gasteiger partial charge in [0.15, 0.2) is 0 Å². The van der Waals surface area contributed by atoms with Gasteiger partial charge in [-0.2, -0.15) is 5.10 Å². The number of carbonyl (C=O) groups is 2. The van der Waals surface area contributed by atoms with E-state index in [1.807, 2.05) is 0 Å². The zero-order valence-corrected chi connectivity index (χ0v) is 11.5. The molecule has 0 saturated heterocycles. The van der Waals surface area contributed by atoms with Crippen molar-refractivity contribution in [3.05, 3.63) is 27.7 Å². The first kappa shape index (κ1) is 14.2. The van der Waals surface area contributed by atoms with E-state index in [9.17, 15) is 14.4 Å². The molecule has 0 aromatic carbocycles. The summed E-state index contributed by atoms with van der Waals surface area (Å²) in [4.78, 5) is 34.9. The summed E-state index contributed by atoms with van der Waals surface area (Å²) in [7, 11) is 0. The fourth-order valence-electron chi connectivity index (χ4n) is 2.21. The second kappa shape index (κ2) is 5.44. The van der Waals surface area contributed by atoms with Gasteiger partial charge >= 0.3 is 0 Å². The van der Waals surface area contributed by atoms with Gasteiger partial charge in [-0.05, 0) is 38.7 Å². The molecule has 0 radical (unpaired) electrons. The molecule has 2 atom stereocenters. The van der Waals surface area contributed by atoms with Crippen LogP contribution in [0.5, 0.6) is 0 Å². The highest BCUT2D eigenvalue weighted by molar-refractivity contribution is 5.87. The lowest BCUT2D eigenvalue weighted by Crippen LogP contribution is -2.46. The molecule has 1 aliphatic carbocycles. The van der Waals surface area contributed by atoms with Gasteiger partial charge in [-0.25, -0.2) is 4.68 Å². The summed E-state index contributed by atoms with van der Waals surface area (Å²) in [6, 6.07) is -0.0262. The molecule has 7 heteroatoms. The Morgan fingerprint density at radius 1 is 1.40 bits per heavy atom. The molecule has 2 amide bonds. The Bertz CT molecular complexity index is 608. The number of aromatic nitrogens is 2. The fraction of sp³-hybridized carbons (Fsp3) is 0.538. The molecular formula is C13H18N4O3. The zero-order valence-electron chi connectivity index (χ0n) is 11.5. The van der Waals surface area contributed by atoms with E-state index in [0.717, 1.165) is 35.2 Å². The molecule has 2 unspecified atom stereocenters. The zero-order chi connectivity index (χ0) is 14.9. The van der Waals surface area contributed by atoms with Crippen molar-refractivity contribution in [1.82, 2.24) is 15.1 Å². The SMILES string of the molecule is CC(NC(=O)C(C)n1nc2c(cc1=O)CCC2)C(N)=O. The van der Waals surface area contributed by atoms with Gasteiger partial charge < -0.3 is 11.1 Å². The van der Waals surface area contributed by atoms with Gasteiger partial charge in [0.05, 0.1) is 5.69 Å². The van der Waals surface area contributed by atoms with Crippen molar-refractivity contribution < 1.29 is 9.59 Å². The summed E-state index contributed by atoms with van der Waals surface area (Å²) >= 11 is 0. The average Bonchev–Trinajstić information content (AvgIpc) is 2.83. The highest BCUT2D eigenvalue weighted by Crippen LogP contribution is 2.17. The highest BCUT2D eigenvalue weighted by Gasteiger charge is 2.23. The molecule has 0 aliphatic heterocycles. The second-order valence-corrected chi connectivity index (χ2v) is 5.06.